The van der Waals surface area contributed by atoms with E-state index >= 15 is 0 Å². The minimum atomic E-state index is -0.563. The Morgan fingerprint density at radius 3 is 2.65 bits per heavy atom. The van der Waals surface area contributed by atoms with Crippen molar-refractivity contribution in [3.8, 4) is 0 Å². The molecule has 0 aliphatic rings. The molecule has 2 rings (SSSR count). The number of rotatable bonds is 6. The molecule has 0 radical (unpaired) electrons. The lowest BCUT2D eigenvalue weighted by atomic mass is 10.2. The van der Waals surface area contributed by atoms with E-state index in [1.54, 1.807) is 18.5 Å². The van der Waals surface area contributed by atoms with Crippen LogP contribution in [-0.2, 0) is 20.9 Å². The van der Waals surface area contributed by atoms with Crippen LogP contribution < -0.4 is 10.2 Å². The fourth-order valence-corrected chi connectivity index (χ4v) is 2.45. The quantitative estimate of drug-likeness (QED) is 0.782. The number of esters is 1. The molecule has 1 N–H and O–H groups in total. The van der Waals surface area contributed by atoms with Gasteiger partial charge in [-0.15, -0.1) is 0 Å². The summed E-state index contributed by atoms with van der Waals surface area (Å²) in [7, 11) is 1.26. The van der Waals surface area contributed by atoms with Crippen LogP contribution in [0.25, 0.3) is 0 Å². The number of carbonyl (C=O) groups excluding carboxylic acids is 3. The van der Waals surface area contributed by atoms with Crippen LogP contribution in [0.3, 0.4) is 0 Å². The zero-order valence-electron chi connectivity index (χ0n) is 14.4. The lowest BCUT2D eigenvalue weighted by Crippen LogP contribution is -2.39. The van der Waals surface area contributed by atoms with E-state index in [-0.39, 0.29) is 41.2 Å². The Bertz CT molecular complexity index is 811. The molecule has 0 saturated heterocycles. The van der Waals surface area contributed by atoms with Gasteiger partial charge in [0.25, 0.3) is 0 Å². The van der Waals surface area contributed by atoms with Gasteiger partial charge in [-0.2, -0.15) is 0 Å². The topological polar surface area (TPSA) is 88.6 Å². The van der Waals surface area contributed by atoms with Crippen LogP contribution in [0.2, 0.25) is 5.02 Å². The second-order valence-electron chi connectivity index (χ2n) is 5.40. The van der Waals surface area contributed by atoms with Crippen molar-refractivity contribution in [2.45, 2.75) is 13.5 Å². The molecule has 0 aliphatic carbocycles. The normalized spacial score (nSPS) is 10.1. The number of amides is 2. The highest BCUT2D eigenvalue weighted by Gasteiger charge is 2.20. The number of nitrogens with zero attached hydrogens (tertiary/aromatic N) is 2. The van der Waals surface area contributed by atoms with Crippen molar-refractivity contribution in [2.24, 2.45) is 0 Å². The van der Waals surface area contributed by atoms with Gasteiger partial charge in [0.15, 0.2) is 0 Å². The van der Waals surface area contributed by atoms with Crippen LogP contribution in [0, 0.1) is 0 Å². The van der Waals surface area contributed by atoms with Gasteiger partial charge in [-0.1, -0.05) is 17.7 Å². The third-order valence-corrected chi connectivity index (χ3v) is 3.87. The maximum Gasteiger partial charge on any atom is 0.337 e. The van der Waals surface area contributed by atoms with Gasteiger partial charge in [-0.05, 0) is 29.8 Å². The molecule has 1 heterocycles. The summed E-state index contributed by atoms with van der Waals surface area (Å²) >= 11 is 6.15. The Kier molecular flexibility index (Phi) is 6.68. The first-order chi connectivity index (χ1) is 12.4. The molecule has 26 heavy (non-hydrogen) atoms. The number of carbonyl (C=O) groups is 3. The van der Waals surface area contributed by atoms with Crippen molar-refractivity contribution in [3.05, 3.63) is 58.9 Å². The summed E-state index contributed by atoms with van der Waals surface area (Å²) in [6, 6.07) is 7.98. The van der Waals surface area contributed by atoms with E-state index in [9.17, 15) is 14.4 Å². The molecule has 1 aromatic carbocycles. The van der Waals surface area contributed by atoms with Crippen LogP contribution in [0.1, 0.15) is 22.8 Å². The largest absolute Gasteiger partial charge is 0.465 e. The molecule has 2 amide bonds. The molecular weight excluding hydrogens is 358 g/mol. The summed E-state index contributed by atoms with van der Waals surface area (Å²) in [5, 5.41) is 2.96. The van der Waals surface area contributed by atoms with Gasteiger partial charge in [0.05, 0.1) is 23.4 Å². The molecule has 136 valence electrons. The van der Waals surface area contributed by atoms with Crippen LogP contribution in [0.5, 0.6) is 0 Å². The van der Waals surface area contributed by atoms with Crippen molar-refractivity contribution in [1.82, 2.24) is 10.3 Å². The SMILES string of the molecule is COC(=O)c1ccc(Cl)c(N(CC(=O)NCc2cccnc2)C(C)=O)c1. The highest BCUT2D eigenvalue weighted by atomic mass is 35.5. The van der Waals surface area contributed by atoms with E-state index in [4.69, 9.17) is 11.6 Å². The highest BCUT2D eigenvalue weighted by molar-refractivity contribution is 6.34. The minimum absolute atomic E-state index is 0.230. The maximum absolute atomic E-state index is 12.2. The van der Waals surface area contributed by atoms with Crippen molar-refractivity contribution >= 4 is 35.1 Å². The van der Waals surface area contributed by atoms with Crippen LogP contribution in [-0.4, -0.2) is 36.4 Å². The minimum Gasteiger partial charge on any atom is -0.465 e. The smallest absolute Gasteiger partial charge is 0.337 e. The number of hydrogen-bond acceptors (Lipinski definition) is 5. The third-order valence-electron chi connectivity index (χ3n) is 3.55. The molecule has 1 aromatic heterocycles. The molecule has 0 aliphatic heterocycles. The predicted molar refractivity (Wildman–Crippen MR) is 96.9 cm³/mol. The predicted octanol–water partition coefficient (Wildman–Crippen LogP) is 2.19. The summed E-state index contributed by atoms with van der Waals surface area (Å²) < 4.78 is 4.67. The number of benzene rings is 1. The Morgan fingerprint density at radius 1 is 1.27 bits per heavy atom. The molecule has 0 atom stereocenters. The lowest BCUT2D eigenvalue weighted by molar-refractivity contribution is -0.123. The summed E-state index contributed by atoms with van der Waals surface area (Å²) in [6.45, 7) is 1.36. The second kappa shape index (κ2) is 8.96. The maximum atomic E-state index is 12.2. The molecule has 0 bridgehead atoms. The number of pyridine rings is 1. The molecule has 0 fully saturated rings. The number of ether oxygens (including phenoxy) is 1. The molecule has 0 spiro atoms. The van der Waals surface area contributed by atoms with Gasteiger partial charge in [0, 0.05) is 25.9 Å². The van der Waals surface area contributed by atoms with E-state index in [2.05, 4.69) is 15.0 Å². The van der Waals surface area contributed by atoms with E-state index in [0.29, 0.717) is 0 Å². The fraction of sp³-hybridized carbons (Fsp3) is 0.222. The summed E-state index contributed by atoms with van der Waals surface area (Å²) in [5.41, 5.74) is 1.33. The lowest BCUT2D eigenvalue weighted by Gasteiger charge is -2.22. The number of nitrogens with one attached hydrogen (secondary N) is 1. The Balaban J connectivity index is 2.14. The zero-order valence-corrected chi connectivity index (χ0v) is 15.1. The molecular formula is C18H18ClN3O4. The van der Waals surface area contributed by atoms with Gasteiger partial charge in [-0.3, -0.25) is 14.6 Å². The van der Waals surface area contributed by atoms with Crippen molar-refractivity contribution in [2.75, 3.05) is 18.6 Å². The first kappa shape index (κ1) is 19.4. The monoisotopic (exact) mass is 375 g/mol. The van der Waals surface area contributed by atoms with Crippen molar-refractivity contribution < 1.29 is 19.1 Å². The second-order valence-corrected chi connectivity index (χ2v) is 5.81. The molecule has 0 saturated carbocycles. The number of halogens is 1. The fourth-order valence-electron chi connectivity index (χ4n) is 2.23. The Morgan fingerprint density at radius 2 is 2.04 bits per heavy atom. The molecule has 7 nitrogen and oxygen atoms in total. The van der Waals surface area contributed by atoms with Crippen LogP contribution in [0.4, 0.5) is 5.69 Å². The summed E-state index contributed by atoms with van der Waals surface area (Å²) in [6.07, 6.45) is 3.28. The van der Waals surface area contributed by atoms with E-state index < -0.39 is 5.97 Å². The van der Waals surface area contributed by atoms with Gasteiger partial charge in [-0.25, -0.2) is 4.79 Å². The number of anilines is 1. The molecule has 0 unspecified atom stereocenters. The van der Waals surface area contributed by atoms with Gasteiger partial charge >= 0.3 is 5.97 Å². The van der Waals surface area contributed by atoms with E-state index in [1.165, 1.54) is 37.1 Å². The van der Waals surface area contributed by atoms with Crippen molar-refractivity contribution in [3.63, 3.8) is 0 Å². The first-order valence-electron chi connectivity index (χ1n) is 7.74. The number of aromatic nitrogens is 1. The molecule has 2 aromatic rings. The van der Waals surface area contributed by atoms with Gasteiger partial charge < -0.3 is 15.0 Å². The highest BCUT2D eigenvalue weighted by Crippen LogP contribution is 2.27. The summed E-state index contributed by atoms with van der Waals surface area (Å²) in [5.74, 6) is -1.32. The Hall–Kier alpha value is -2.93. The standard InChI is InChI=1S/C18H18ClN3O4/c1-12(23)22(11-17(24)21-10-13-4-3-7-20-9-13)16-8-14(18(25)26-2)5-6-15(16)19/h3-9H,10-11H2,1-2H3,(H,21,24). The van der Waals surface area contributed by atoms with E-state index in [0.717, 1.165) is 5.56 Å². The number of methoxy groups -OCH3 is 1. The van der Waals surface area contributed by atoms with Crippen LogP contribution >= 0.6 is 11.6 Å². The summed E-state index contributed by atoms with van der Waals surface area (Å²) in [4.78, 5) is 41.1. The first-order valence-corrected chi connectivity index (χ1v) is 8.11. The van der Waals surface area contributed by atoms with E-state index in [1.807, 2.05) is 6.07 Å². The van der Waals surface area contributed by atoms with Gasteiger partial charge in [0.2, 0.25) is 11.8 Å². The molecule has 8 heteroatoms. The average molecular weight is 376 g/mol. The zero-order chi connectivity index (χ0) is 19.1. The third kappa shape index (κ3) is 5.03. The Labute approximate surface area is 155 Å². The van der Waals surface area contributed by atoms with Crippen molar-refractivity contribution in [1.29, 1.82) is 0 Å². The average Bonchev–Trinajstić information content (AvgIpc) is 2.65. The number of hydrogen-bond donors (Lipinski definition) is 1. The van der Waals surface area contributed by atoms with Gasteiger partial charge in [0.1, 0.15) is 6.54 Å². The van der Waals surface area contributed by atoms with Crippen LogP contribution in [0.15, 0.2) is 42.7 Å².